The number of pyridine rings is 2. The highest BCUT2D eigenvalue weighted by Gasteiger charge is 2.27. The zero-order chi connectivity index (χ0) is 25.6. The Labute approximate surface area is 218 Å². The Bertz CT molecular complexity index is 1380. The Morgan fingerprint density at radius 3 is 2.30 bits per heavy atom. The van der Waals surface area contributed by atoms with Gasteiger partial charge in [-0.15, -0.1) is 11.8 Å². The van der Waals surface area contributed by atoms with Gasteiger partial charge in [0.25, 0.3) is 0 Å². The Kier molecular flexibility index (Phi) is 7.41. The van der Waals surface area contributed by atoms with Gasteiger partial charge < -0.3 is 10.2 Å². The maximum Gasteiger partial charge on any atom is 0.311 e. The van der Waals surface area contributed by atoms with E-state index in [1.165, 1.54) is 6.07 Å². The molecule has 2 aromatic heterocycles. The molecule has 1 aliphatic heterocycles. The number of nitro groups is 1. The second kappa shape index (κ2) is 11.2. The van der Waals surface area contributed by atoms with E-state index in [2.05, 4.69) is 15.3 Å². The fraction of sp³-hybridized carbons (Fsp3) is 0.179. The van der Waals surface area contributed by atoms with Gasteiger partial charge in [-0.1, -0.05) is 36.4 Å². The van der Waals surface area contributed by atoms with Gasteiger partial charge in [0.1, 0.15) is 5.82 Å². The molecule has 37 heavy (non-hydrogen) atoms. The number of anilines is 3. The highest BCUT2D eigenvalue weighted by molar-refractivity contribution is 7.99. The van der Waals surface area contributed by atoms with Crippen LogP contribution in [0.2, 0.25) is 0 Å². The minimum absolute atomic E-state index is 0.00909. The molecule has 0 atom stereocenters. The van der Waals surface area contributed by atoms with Crippen molar-refractivity contribution in [2.45, 2.75) is 23.1 Å². The number of carbonyl (C=O) groups is 1. The van der Waals surface area contributed by atoms with E-state index in [1.807, 2.05) is 41.3 Å². The number of rotatable bonds is 8. The van der Waals surface area contributed by atoms with Crippen LogP contribution >= 0.6 is 11.8 Å². The van der Waals surface area contributed by atoms with Gasteiger partial charge in [-0.05, 0) is 55.3 Å². The third-order valence-electron chi connectivity index (χ3n) is 6.17. The topological polar surface area (TPSA) is 101 Å². The van der Waals surface area contributed by atoms with Crippen LogP contribution in [0.4, 0.5) is 23.0 Å². The Hall–Kier alpha value is -4.24. The molecular formula is C28H25N5O3S. The SMILES string of the molecule is O=C(c1ccccc1)c1ccc(Nc2ccc([N+](=O)[O-])c(N3CCC(Sc4ccccn4)CC3)n2)cc1. The Morgan fingerprint density at radius 2 is 1.62 bits per heavy atom. The molecule has 0 spiro atoms. The lowest BCUT2D eigenvalue weighted by Gasteiger charge is -2.32. The summed E-state index contributed by atoms with van der Waals surface area (Å²) < 4.78 is 0. The molecule has 5 rings (SSSR count). The number of thioether (sulfide) groups is 1. The number of ketones is 1. The second-order valence-electron chi connectivity index (χ2n) is 8.67. The number of hydrogen-bond donors (Lipinski definition) is 1. The smallest absolute Gasteiger partial charge is 0.311 e. The Morgan fingerprint density at radius 1 is 0.919 bits per heavy atom. The largest absolute Gasteiger partial charge is 0.351 e. The maximum absolute atomic E-state index is 12.7. The van der Waals surface area contributed by atoms with Crippen LogP contribution in [0.5, 0.6) is 0 Å². The molecule has 0 bridgehead atoms. The highest BCUT2D eigenvalue weighted by atomic mass is 32.2. The zero-order valence-electron chi connectivity index (χ0n) is 20.0. The van der Waals surface area contributed by atoms with E-state index in [1.54, 1.807) is 60.4 Å². The third kappa shape index (κ3) is 5.95. The molecule has 3 heterocycles. The van der Waals surface area contributed by atoms with Crippen LogP contribution in [0.3, 0.4) is 0 Å². The molecule has 1 N–H and O–H groups in total. The van der Waals surface area contributed by atoms with E-state index in [9.17, 15) is 14.9 Å². The molecule has 186 valence electrons. The summed E-state index contributed by atoms with van der Waals surface area (Å²) in [6.07, 6.45) is 3.56. The summed E-state index contributed by atoms with van der Waals surface area (Å²) in [6, 6.07) is 25.2. The van der Waals surface area contributed by atoms with Crippen molar-refractivity contribution in [3.05, 3.63) is 112 Å². The van der Waals surface area contributed by atoms with Crippen LogP contribution in [-0.2, 0) is 0 Å². The molecule has 0 saturated carbocycles. The van der Waals surface area contributed by atoms with E-state index < -0.39 is 0 Å². The molecule has 1 fully saturated rings. The summed E-state index contributed by atoms with van der Waals surface area (Å²) in [4.78, 5) is 35.0. The van der Waals surface area contributed by atoms with E-state index in [4.69, 9.17) is 0 Å². The lowest BCUT2D eigenvalue weighted by Crippen LogP contribution is -2.35. The molecule has 4 aromatic rings. The van der Waals surface area contributed by atoms with Gasteiger partial charge in [0.2, 0.25) is 5.82 Å². The van der Waals surface area contributed by atoms with E-state index in [0.29, 0.717) is 41.1 Å². The minimum atomic E-state index is -0.384. The monoisotopic (exact) mass is 511 g/mol. The van der Waals surface area contributed by atoms with Gasteiger partial charge in [0.15, 0.2) is 5.78 Å². The van der Waals surface area contributed by atoms with Crippen molar-refractivity contribution in [3.63, 3.8) is 0 Å². The van der Waals surface area contributed by atoms with E-state index >= 15 is 0 Å². The van der Waals surface area contributed by atoms with Crippen molar-refractivity contribution < 1.29 is 9.72 Å². The average Bonchev–Trinajstić information content (AvgIpc) is 2.94. The highest BCUT2D eigenvalue weighted by Crippen LogP contribution is 2.34. The standard InChI is InChI=1S/C28H25N5O3S/c34-27(20-6-2-1-3-7-20)21-9-11-22(12-10-21)30-25-14-13-24(33(35)36)28(31-25)32-18-15-23(16-19-32)37-26-8-4-5-17-29-26/h1-14,17,23H,15-16,18-19H2,(H,30,31). The minimum Gasteiger partial charge on any atom is -0.351 e. The number of aromatic nitrogens is 2. The first-order chi connectivity index (χ1) is 18.1. The number of piperidine rings is 1. The van der Waals surface area contributed by atoms with Crippen LogP contribution in [0.25, 0.3) is 0 Å². The number of nitrogens with one attached hydrogen (secondary N) is 1. The van der Waals surface area contributed by atoms with Gasteiger partial charge in [-0.3, -0.25) is 14.9 Å². The summed E-state index contributed by atoms with van der Waals surface area (Å²) in [7, 11) is 0. The molecule has 8 nitrogen and oxygen atoms in total. The van der Waals surface area contributed by atoms with Crippen LogP contribution in [-0.4, -0.2) is 39.0 Å². The molecule has 0 aliphatic carbocycles. The summed E-state index contributed by atoms with van der Waals surface area (Å²) in [6.45, 7) is 1.36. The normalized spacial score (nSPS) is 13.8. The molecular weight excluding hydrogens is 486 g/mol. The maximum atomic E-state index is 12.7. The van der Waals surface area contributed by atoms with Crippen molar-refractivity contribution >= 4 is 40.6 Å². The van der Waals surface area contributed by atoms with Gasteiger partial charge in [0.05, 0.1) is 9.95 Å². The predicted octanol–water partition coefficient (Wildman–Crippen LogP) is 6.12. The third-order valence-corrected chi connectivity index (χ3v) is 7.46. The summed E-state index contributed by atoms with van der Waals surface area (Å²) in [5.74, 6) is 0.826. The van der Waals surface area contributed by atoms with E-state index in [0.717, 1.165) is 23.6 Å². The Balaban J connectivity index is 1.28. The van der Waals surface area contributed by atoms with Gasteiger partial charge in [-0.2, -0.15) is 0 Å². The fourth-order valence-corrected chi connectivity index (χ4v) is 5.33. The second-order valence-corrected chi connectivity index (χ2v) is 9.99. The molecule has 2 aromatic carbocycles. The average molecular weight is 512 g/mol. The molecule has 0 unspecified atom stereocenters. The molecule has 9 heteroatoms. The molecule has 0 radical (unpaired) electrons. The van der Waals surface area contributed by atoms with Gasteiger partial charge >= 0.3 is 5.69 Å². The van der Waals surface area contributed by atoms with Crippen LogP contribution in [0.1, 0.15) is 28.8 Å². The van der Waals surface area contributed by atoms with Crippen LogP contribution < -0.4 is 10.2 Å². The fourth-order valence-electron chi connectivity index (χ4n) is 4.27. The number of benzene rings is 2. The summed E-state index contributed by atoms with van der Waals surface area (Å²) in [5, 5.41) is 16.3. The summed E-state index contributed by atoms with van der Waals surface area (Å²) in [5.41, 5.74) is 1.94. The van der Waals surface area contributed by atoms with Gasteiger partial charge in [0, 0.05) is 47.4 Å². The van der Waals surface area contributed by atoms with Crippen molar-refractivity contribution in [1.29, 1.82) is 0 Å². The lowest BCUT2D eigenvalue weighted by atomic mass is 10.0. The molecule has 1 aliphatic rings. The lowest BCUT2D eigenvalue weighted by molar-refractivity contribution is -0.384. The van der Waals surface area contributed by atoms with Crippen LogP contribution in [0.15, 0.2) is 96.2 Å². The first-order valence-electron chi connectivity index (χ1n) is 12.0. The number of carbonyl (C=O) groups excluding carboxylic acids is 1. The van der Waals surface area contributed by atoms with Gasteiger partial charge in [-0.25, -0.2) is 9.97 Å². The number of hydrogen-bond acceptors (Lipinski definition) is 8. The van der Waals surface area contributed by atoms with Crippen molar-refractivity contribution in [1.82, 2.24) is 9.97 Å². The van der Waals surface area contributed by atoms with Crippen molar-refractivity contribution in [3.8, 4) is 0 Å². The van der Waals surface area contributed by atoms with Crippen LogP contribution in [0, 0.1) is 10.1 Å². The predicted molar refractivity (Wildman–Crippen MR) is 146 cm³/mol. The first-order valence-corrected chi connectivity index (χ1v) is 12.9. The quantitative estimate of drug-likeness (QED) is 0.171. The number of nitrogens with zero attached hydrogens (tertiary/aromatic N) is 4. The van der Waals surface area contributed by atoms with Crippen molar-refractivity contribution in [2.24, 2.45) is 0 Å². The molecule has 1 saturated heterocycles. The zero-order valence-corrected chi connectivity index (χ0v) is 20.8. The van der Waals surface area contributed by atoms with Crippen molar-refractivity contribution in [2.75, 3.05) is 23.3 Å². The van der Waals surface area contributed by atoms with E-state index in [-0.39, 0.29) is 16.4 Å². The molecule has 0 amide bonds. The first kappa shape index (κ1) is 24.5. The summed E-state index contributed by atoms with van der Waals surface area (Å²) >= 11 is 1.75.